The number of rotatable bonds is 2. The third-order valence-electron chi connectivity index (χ3n) is 4.74. The molecule has 1 aromatic carbocycles. The van der Waals surface area contributed by atoms with Crippen molar-refractivity contribution in [2.24, 2.45) is 0 Å². The van der Waals surface area contributed by atoms with Crippen LogP contribution in [0, 0.1) is 11.6 Å². The molecule has 3 heterocycles. The van der Waals surface area contributed by atoms with Gasteiger partial charge in [0.1, 0.15) is 23.6 Å². The minimum atomic E-state index is -0.793. The number of likely N-dealkylation sites (N-methyl/N-ethyl adjacent to an activating group) is 1. The number of carbonyl (C=O) groups excluding carboxylic acids is 2. The SMILES string of the molecule is CN1CCN(C(=O)c2[nH]c3ccc(F)c(Cl)c3c2F)CC1.Nc1cc(C=O)ccn1. The second-order valence-corrected chi connectivity index (χ2v) is 7.20. The highest BCUT2D eigenvalue weighted by Crippen LogP contribution is 2.30. The first-order chi connectivity index (χ1) is 14.3. The first kappa shape index (κ1) is 21.7. The van der Waals surface area contributed by atoms with Crippen molar-refractivity contribution < 1.29 is 18.4 Å². The number of benzene rings is 1. The number of hydrogen-bond acceptors (Lipinski definition) is 5. The molecule has 1 saturated heterocycles. The van der Waals surface area contributed by atoms with Crippen LogP contribution in [0.3, 0.4) is 0 Å². The Labute approximate surface area is 176 Å². The van der Waals surface area contributed by atoms with Crippen molar-refractivity contribution in [3.8, 4) is 0 Å². The number of nitrogens with zero attached hydrogens (tertiary/aromatic N) is 3. The number of H-pyrrole nitrogens is 1. The zero-order chi connectivity index (χ0) is 21.8. The second-order valence-electron chi connectivity index (χ2n) is 6.83. The predicted octanol–water partition coefficient (Wildman–Crippen LogP) is 2.96. The van der Waals surface area contributed by atoms with Crippen molar-refractivity contribution in [1.82, 2.24) is 19.8 Å². The molecule has 7 nitrogen and oxygen atoms in total. The van der Waals surface area contributed by atoms with Gasteiger partial charge in [0.05, 0.1) is 15.9 Å². The van der Waals surface area contributed by atoms with Crippen LogP contribution in [-0.4, -0.2) is 65.2 Å². The lowest BCUT2D eigenvalue weighted by molar-refractivity contribution is 0.0654. The molecule has 0 radical (unpaired) electrons. The number of fused-ring (bicyclic) bond motifs is 1. The Bertz CT molecular complexity index is 1080. The molecule has 3 aromatic rings. The molecule has 1 amide bonds. The Kier molecular flexibility index (Phi) is 6.63. The van der Waals surface area contributed by atoms with E-state index < -0.39 is 17.5 Å². The molecule has 2 aromatic heterocycles. The Balaban J connectivity index is 0.000000239. The summed E-state index contributed by atoms with van der Waals surface area (Å²) in [5.74, 6) is -1.55. The third kappa shape index (κ3) is 4.58. The lowest BCUT2D eigenvalue weighted by atomic mass is 10.2. The molecule has 0 aliphatic carbocycles. The van der Waals surface area contributed by atoms with Crippen molar-refractivity contribution in [1.29, 1.82) is 0 Å². The van der Waals surface area contributed by atoms with Crippen molar-refractivity contribution >= 4 is 40.5 Å². The summed E-state index contributed by atoms with van der Waals surface area (Å²) in [4.78, 5) is 32.6. The molecule has 1 fully saturated rings. The van der Waals surface area contributed by atoms with E-state index in [-0.39, 0.29) is 16.1 Å². The van der Waals surface area contributed by atoms with Gasteiger partial charge < -0.3 is 20.5 Å². The zero-order valence-electron chi connectivity index (χ0n) is 16.2. The summed E-state index contributed by atoms with van der Waals surface area (Å²) in [6.45, 7) is 2.55. The van der Waals surface area contributed by atoms with Crippen molar-refractivity contribution in [2.75, 3.05) is 39.0 Å². The number of aromatic nitrogens is 2. The van der Waals surface area contributed by atoms with E-state index >= 15 is 0 Å². The quantitative estimate of drug-likeness (QED) is 0.603. The monoisotopic (exact) mass is 435 g/mol. The smallest absolute Gasteiger partial charge is 0.273 e. The summed E-state index contributed by atoms with van der Waals surface area (Å²) < 4.78 is 27.8. The Hall–Kier alpha value is -3.04. The van der Waals surface area contributed by atoms with Gasteiger partial charge in [-0.25, -0.2) is 13.8 Å². The molecule has 3 N–H and O–H groups in total. The van der Waals surface area contributed by atoms with E-state index in [2.05, 4.69) is 14.9 Å². The lowest BCUT2D eigenvalue weighted by Crippen LogP contribution is -2.47. The van der Waals surface area contributed by atoms with Gasteiger partial charge in [-0.1, -0.05) is 11.6 Å². The van der Waals surface area contributed by atoms with E-state index in [1.165, 1.54) is 18.3 Å². The first-order valence-corrected chi connectivity index (χ1v) is 9.49. The minimum absolute atomic E-state index is 0.0749. The number of anilines is 1. The van der Waals surface area contributed by atoms with Crippen LogP contribution in [-0.2, 0) is 0 Å². The largest absolute Gasteiger partial charge is 0.384 e. The van der Waals surface area contributed by atoms with Gasteiger partial charge in [-0.15, -0.1) is 0 Å². The number of aldehydes is 1. The number of nitrogens with one attached hydrogen (secondary N) is 1. The average Bonchev–Trinajstić information content (AvgIpc) is 3.08. The molecule has 0 spiro atoms. The molecule has 158 valence electrons. The molecule has 4 rings (SSSR count). The van der Waals surface area contributed by atoms with Crippen LogP contribution >= 0.6 is 11.6 Å². The number of hydrogen-bond donors (Lipinski definition) is 2. The van der Waals surface area contributed by atoms with Crippen LogP contribution in [0.25, 0.3) is 10.9 Å². The van der Waals surface area contributed by atoms with Gasteiger partial charge in [-0.2, -0.15) is 0 Å². The van der Waals surface area contributed by atoms with E-state index in [0.29, 0.717) is 30.0 Å². The molecule has 0 unspecified atom stereocenters. The summed E-state index contributed by atoms with van der Waals surface area (Å²) in [6.07, 6.45) is 2.23. The number of pyridine rings is 1. The van der Waals surface area contributed by atoms with Crippen LogP contribution < -0.4 is 5.73 Å². The summed E-state index contributed by atoms with van der Waals surface area (Å²) in [5.41, 5.74) is 5.97. The Morgan fingerprint density at radius 3 is 2.53 bits per heavy atom. The number of halogens is 3. The Morgan fingerprint density at radius 1 is 1.23 bits per heavy atom. The highest BCUT2D eigenvalue weighted by atomic mass is 35.5. The fraction of sp³-hybridized carbons (Fsp3) is 0.250. The zero-order valence-corrected chi connectivity index (χ0v) is 16.9. The highest BCUT2D eigenvalue weighted by Gasteiger charge is 2.27. The highest BCUT2D eigenvalue weighted by molar-refractivity contribution is 6.35. The molecule has 1 aliphatic heterocycles. The predicted molar refractivity (Wildman–Crippen MR) is 111 cm³/mol. The molecule has 0 atom stereocenters. The molecule has 0 bridgehead atoms. The Morgan fingerprint density at radius 2 is 1.93 bits per heavy atom. The fourth-order valence-electron chi connectivity index (χ4n) is 3.04. The van der Waals surface area contributed by atoms with E-state index in [1.54, 1.807) is 11.0 Å². The molecule has 0 saturated carbocycles. The van der Waals surface area contributed by atoms with E-state index in [4.69, 9.17) is 17.3 Å². The molecule has 1 aliphatic rings. The van der Waals surface area contributed by atoms with Crippen LogP contribution in [0.5, 0.6) is 0 Å². The van der Waals surface area contributed by atoms with Crippen molar-refractivity contribution in [3.63, 3.8) is 0 Å². The van der Waals surface area contributed by atoms with Gasteiger partial charge in [-0.3, -0.25) is 9.59 Å². The number of aromatic amines is 1. The number of piperazine rings is 1. The number of nitrogens with two attached hydrogens (primary N) is 1. The van der Waals surface area contributed by atoms with Gasteiger partial charge >= 0.3 is 0 Å². The van der Waals surface area contributed by atoms with Crippen LogP contribution in [0.15, 0.2) is 30.5 Å². The maximum Gasteiger partial charge on any atom is 0.273 e. The number of nitrogen functional groups attached to an aromatic ring is 1. The van der Waals surface area contributed by atoms with E-state index in [9.17, 15) is 18.4 Å². The van der Waals surface area contributed by atoms with Gasteiger partial charge in [0, 0.05) is 37.9 Å². The van der Waals surface area contributed by atoms with Crippen LogP contribution in [0.2, 0.25) is 5.02 Å². The number of amides is 1. The van der Waals surface area contributed by atoms with Gasteiger partial charge in [-0.05, 0) is 31.3 Å². The minimum Gasteiger partial charge on any atom is -0.384 e. The van der Waals surface area contributed by atoms with Gasteiger partial charge in [0.15, 0.2) is 5.82 Å². The van der Waals surface area contributed by atoms with Crippen molar-refractivity contribution in [2.45, 2.75) is 0 Å². The summed E-state index contributed by atoms with van der Waals surface area (Å²) in [7, 11) is 1.97. The maximum atomic E-state index is 14.4. The van der Waals surface area contributed by atoms with Gasteiger partial charge in [0.25, 0.3) is 5.91 Å². The summed E-state index contributed by atoms with van der Waals surface area (Å²) in [6, 6.07) is 5.64. The maximum absolute atomic E-state index is 14.4. The topological polar surface area (TPSA) is 95.3 Å². The normalized spacial score (nSPS) is 14.3. The van der Waals surface area contributed by atoms with E-state index in [1.807, 2.05) is 7.05 Å². The summed E-state index contributed by atoms with van der Waals surface area (Å²) >= 11 is 5.79. The van der Waals surface area contributed by atoms with Crippen LogP contribution in [0.1, 0.15) is 20.8 Å². The molecule has 30 heavy (non-hydrogen) atoms. The fourth-order valence-corrected chi connectivity index (χ4v) is 3.29. The average molecular weight is 436 g/mol. The second kappa shape index (κ2) is 9.19. The lowest BCUT2D eigenvalue weighted by Gasteiger charge is -2.32. The van der Waals surface area contributed by atoms with Gasteiger partial charge in [0.2, 0.25) is 0 Å². The van der Waals surface area contributed by atoms with Crippen molar-refractivity contribution in [3.05, 3.63) is 58.4 Å². The van der Waals surface area contributed by atoms with E-state index in [0.717, 1.165) is 25.4 Å². The number of carbonyl (C=O) groups is 2. The molecular formula is C20H20ClF2N5O2. The summed E-state index contributed by atoms with van der Waals surface area (Å²) in [5, 5.41) is -0.382. The molecular weight excluding hydrogens is 416 g/mol. The van der Waals surface area contributed by atoms with Crippen LogP contribution in [0.4, 0.5) is 14.6 Å². The first-order valence-electron chi connectivity index (χ1n) is 9.11. The third-order valence-corrected chi connectivity index (χ3v) is 5.11. The molecule has 10 heteroatoms. The standard InChI is InChI=1S/C14H14ClF2N3O.C6H6N2O/c1-19-4-6-20(7-5-19)14(21)13-12(17)10-9(18-13)3-2-8(16)11(10)15;7-6-3-5(4-9)1-2-8-6/h2-3,18H,4-7H2,1H3;1-4H,(H2,7,8).